The second-order valence-electron chi connectivity index (χ2n) is 6.34. The van der Waals surface area contributed by atoms with Crippen LogP contribution in [0, 0.1) is 0 Å². The molecule has 1 aromatic carbocycles. The summed E-state index contributed by atoms with van der Waals surface area (Å²) in [5.74, 6) is 0.973. The van der Waals surface area contributed by atoms with Crippen molar-refractivity contribution in [2.75, 3.05) is 7.11 Å². The first kappa shape index (κ1) is 19.6. The predicted molar refractivity (Wildman–Crippen MR) is 112 cm³/mol. The van der Waals surface area contributed by atoms with Crippen molar-refractivity contribution in [1.29, 1.82) is 0 Å². The number of thiazole rings is 1. The summed E-state index contributed by atoms with van der Waals surface area (Å²) in [5, 5.41) is 9.71. The number of nitrogens with zero attached hydrogens (tertiary/aromatic N) is 3. The summed E-state index contributed by atoms with van der Waals surface area (Å²) in [6, 6.07) is 14.0. The van der Waals surface area contributed by atoms with E-state index in [2.05, 4.69) is 15.4 Å². The van der Waals surface area contributed by atoms with E-state index < -0.39 is 0 Å². The van der Waals surface area contributed by atoms with Gasteiger partial charge in [0.15, 0.2) is 5.76 Å². The molecule has 4 aromatic rings. The summed E-state index contributed by atoms with van der Waals surface area (Å²) in [6.07, 6.45) is 1.52. The van der Waals surface area contributed by atoms with E-state index in [1.165, 1.54) is 23.7 Å². The van der Waals surface area contributed by atoms with Gasteiger partial charge in [0.05, 0.1) is 25.6 Å². The molecule has 0 bridgehead atoms. The van der Waals surface area contributed by atoms with Gasteiger partial charge < -0.3 is 14.5 Å². The summed E-state index contributed by atoms with van der Waals surface area (Å²) in [7, 11) is 1.62. The number of hydrogen-bond donors (Lipinski definition) is 1. The van der Waals surface area contributed by atoms with Crippen LogP contribution in [0.3, 0.4) is 0 Å². The first-order valence-electron chi connectivity index (χ1n) is 9.10. The van der Waals surface area contributed by atoms with Gasteiger partial charge in [-0.05, 0) is 42.5 Å². The number of amides is 1. The van der Waals surface area contributed by atoms with E-state index in [1.807, 2.05) is 29.6 Å². The molecule has 0 aliphatic carbocycles. The molecular weight excluding hydrogens is 404 g/mol. The maximum atomic E-state index is 12.3. The molecule has 9 heteroatoms. The highest BCUT2D eigenvalue weighted by atomic mass is 32.1. The standard InChI is InChI=1S/C21H18N4O4S/c1-28-16-6-4-14(5-7-16)21-23-15(13-30-21)11-22-19(26)12-25-20(27)9-8-17(24-25)18-3-2-10-29-18/h2-10,13H,11-12H2,1H3,(H,22,26). The average molecular weight is 422 g/mol. The molecule has 8 nitrogen and oxygen atoms in total. The van der Waals surface area contributed by atoms with Crippen LogP contribution in [-0.4, -0.2) is 27.8 Å². The number of benzene rings is 1. The van der Waals surface area contributed by atoms with E-state index in [4.69, 9.17) is 9.15 Å². The Morgan fingerprint density at radius 2 is 2.03 bits per heavy atom. The zero-order valence-corrected chi connectivity index (χ0v) is 16.9. The predicted octanol–water partition coefficient (Wildman–Crippen LogP) is 2.95. The van der Waals surface area contributed by atoms with Crippen LogP contribution in [0.2, 0.25) is 0 Å². The van der Waals surface area contributed by atoms with Crippen LogP contribution in [0.25, 0.3) is 22.0 Å². The Kier molecular flexibility index (Phi) is 5.71. The van der Waals surface area contributed by atoms with Gasteiger partial charge in [0.25, 0.3) is 5.56 Å². The molecule has 30 heavy (non-hydrogen) atoms. The molecule has 1 amide bonds. The molecule has 0 atom stereocenters. The van der Waals surface area contributed by atoms with Crippen LogP contribution < -0.4 is 15.6 Å². The second kappa shape index (κ2) is 8.75. The van der Waals surface area contributed by atoms with E-state index in [9.17, 15) is 9.59 Å². The number of hydrogen-bond acceptors (Lipinski definition) is 7. The van der Waals surface area contributed by atoms with Crippen molar-refractivity contribution in [2.45, 2.75) is 13.1 Å². The van der Waals surface area contributed by atoms with Gasteiger partial charge in [-0.2, -0.15) is 5.10 Å². The molecule has 3 aromatic heterocycles. The normalized spacial score (nSPS) is 10.7. The summed E-state index contributed by atoms with van der Waals surface area (Å²) in [6.45, 7) is 0.0704. The van der Waals surface area contributed by atoms with E-state index >= 15 is 0 Å². The minimum atomic E-state index is -0.365. The highest BCUT2D eigenvalue weighted by Gasteiger charge is 2.11. The highest BCUT2D eigenvalue weighted by molar-refractivity contribution is 7.13. The van der Waals surface area contributed by atoms with Gasteiger partial charge in [-0.25, -0.2) is 9.67 Å². The number of furan rings is 1. The largest absolute Gasteiger partial charge is 0.497 e. The zero-order valence-electron chi connectivity index (χ0n) is 16.1. The lowest BCUT2D eigenvalue weighted by molar-refractivity contribution is -0.122. The summed E-state index contributed by atoms with van der Waals surface area (Å²) < 4.78 is 11.6. The van der Waals surface area contributed by atoms with E-state index in [0.29, 0.717) is 11.5 Å². The highest BCUT2D eigenvalue weighted by Crippen LogP contribution is 2.25. The summed E-state index contributed by atoms with van der Waals surface area (Å²) in [4.78, 5) is 28.9. The Balaban J connectivity index is 1.38. The maximum absolute atomic E-state index is 12.3. The first-order valence-corrected chi connectivity index (χ1v) is 9.98. The van der Waals surface area contributed by atoms with Crippen LogP contribution in [0.4, 0.5) is 0 Å². The molecule has 0 saturated heterocycles. The summed E-state index contributed by atoms with van der Waals surface area (Å²) >= 11 is 1.49. The Bertz CT molecular complexity index is 1200. The van der Waals surface area contributed by atoms with E-state index in [1.54, 1.807) is 25.3 Å². The molecule has 0 fully saturated rings. The topological polar surface area (TPSA) is 99.2 Å². The smallest absolute Gasteiger partial charge is 0.267 e. The SMILES string of the molecule is COc1ccc(-c2nc(CNC(=O)Cn3nc(-c4ccco4)ccc3=O)cs2)cc1. The molecule has 0 aliphatic rings. The maximum Gasteiger partial charge on any atom is 0.267 e. The molecule has 0 aliphatic heterocycles. The van der Waals surface area contributed by atoms with Gasteiger partial charge in [-0.1, -0.05) is 0 Å². The lowest BCUT2D eigenvalue weighted by atomic mass is 10.2. The van der Waals surface area contributed by atoms with Crippen LogP contribution in [0.15, 0.2) is 69.4 Å². The lowest BCUT2D eigenvalue weighted by Gasteiger charge is -2.06. The fourth-order valence-corrected chi connectivity index (χ4v) is 3.58. The first-order chi connectivity index (χ1) is 14.6. The molecule has 4 rings (SSSR count). The minimum Gasteiger partial charge on any atom is -0.497 e. The number of carbonyl (C=O) groups excluding carboxylic acids is 1. The zero-order chi connectivity index (χ0) is 20.9. The molecule has 0 saturated carbocycles. The fourth-order valence-electron chi connectivity index (χ4n) is 2.75. The Morgan fingerprint density at radius 3 is 2.77 bits per heavy atom. The van der Waals surface area contributed by atoms with Gasteiger partial charge in [-0.3, -0.25) is 9.59 Å². The van der Waals surface area contributed by atoms with Gasteiger partial charge in [0, 0.05) is 17.0 Å². The third kappa shape index (κ3) is 4.47. The lowest BCUT2D eigenvalue weighted by Crippen LogP contribution is -2.33. The van der Waals surface area contributed by atoms with Crippen molar-refractivity contribution in [2.24, 2.45) is 0 Å². The van der Waals surface area contributed by atoms with E-state index in [-0.39, 0.29) is 24.6 Å². The number of aromatic nitrogens is 3. The Labute approximate surface area is 175 Å². The van der Waals surface area contributed by atoms with Crippen molar-refractivity contribution >= 4 is 17.2 Å². The van der Waals surface area contributed by atoms with Crippen molar-refractivity contribution in [3.8, 4) is 27.8 Å². The minimum absolute atomic E-state index is 0.192. The third-order valence-electron chi connectivity index (χ3n) is 4.29. The van der Waals surface area contributed by atoms with Gasteiger partial charge in [0.2, 0.25) is 5.91 Å². The van der Waals surface area contributed by atoms with Crippen LogP contribution in [0.1, 0.15) is 5.69 Å². The van der Waals surface area contributed by atoms with Crippen molar-refractivity contribution in [1.82, 2.24) is 20.1 Å². The number of ether oxygens (including phenoxy) is 1. The number of nitrogens with one attached hydrogen (secondary N) is 1. The van der Waals surface area contributed by atoms with Crippen LogP contribution in [-0.2, 0) is 17.9 Å². The number of methoxy groups -OCH3 is 1. The van der Waals surface area contributed by atoms with Gasteiger partial charge in [-0.15, -0.1) is 11.3 Å². The second-order valence-corrected chi connectivity index (χ2v) is 7.20. The molecular formula is C21H18N4O4S. The molecule has 1 N–H and O–H groups in total. The van der Waals surface area contributed by atoms with Gasteiger partial charge in [0.1, 0.15) is 23.0 Å². The quantitative estimate of drug-likeness (QED) is 0.492. The van der Waals surface area contributed by atoms with Crippen molar-refractivity contribution < 1.29 is 13.9 Å². The number of carbonyl (C=O) groups is 1. The Morgan fingerprint density at radius 1 is 1.20 bits per heavy atom. The fraction of sp³-hybridized carbons (Fsp3) is 0.143. The third-order valence-corrected chi connectivity index (χ3v) is 5.23. The summed E-state index contributed by atoms with van der Waals surface area (Å²) in [5.41, 5.74) is 1.83. The van der Waals surface area contributed by atoms with Gasteiger partial charge >= 0.3 is 0 Å². The van der Waals surface area contributed by atoms with Crippen molar-refractivity contribution in [3.05, 3.63) is 76.2 Å². The molecule has 0 radical (unpaired) electrons. The molecule has 0 spiro atoms. The van der Waals surface area contributed by atoms with Crippen LogP contribution in [0.5, 0.6) is 5.75 Å². The van der Waals surface area contributed by atoms with Crippen LogP contribution >= 0.6 is 11.3 Å². The van der Waals surface area contributed by atoms with Crippen molar-refractivity contribution in [3.63, 3.8) is 0 Å². The monoisotopic (exact) mass is 422 g/mol. The molecule has 0 unspecified atom stereocenters. The van der Waals surface area contributed by atoms with E-state index in [0.717, 1.165) is 26.7 Å². The number of rotatable bonds is 7. The molecule has 3 heterocycles. The average Bonchev–Trinajstić information content (AvgIpc) is 3.46. The molecule has 152 valence electrons. The Hall–Kier alpha value is -3.72.